The van der Waals surface area contributed by atoms with Crippen LogP contribution in [0.15, 0.2) is 54.7 Å². The molecule has 7 heteroatoms. The van der Waals surface area contributed by atoms with Crippen LogP contribution in [0, 0.1) is 5.82 Å². The summed E-state index contributed by atoms with van der Waals surface area (Å²) in [5.74, 6) is -1.02. The number of fused-ring (bicyclic) bond motifs is 1. The van der Waals surface area contributed by atoms with Gasteiger partial charge in [0.1, 0.15) is 30.2 Å². The summed E-state index contributed by atoms with van der Waals surface area (Å²) >= 11 is 0. The van der Waals surface area contributed by atoms with E-state index in [1.807, 2.05) is 29.0 Å². The Hall–Kier alpha value is -2.58. The minimum absolute atomic E-state index is 0.293. The van der Waals surface area contributed by atoms with Crippen LogP contribution in [0.5, 0.6) is 0 Å². The van der Waals surface area contributed by atoms with E-state index >= 15 is 0 Å². The summed E-state index contributed by atoms with van der Waals surface area (Å²) < 4.78 is 20.7. The first kappa shape index (κ1) is 18.8. The quantitative estimate of drug-likeness (QED) is 0.634. The van der Waals surface area contributed by atoms with Crippen LogP contribution in [0.2, 0.25) is 0 Å². The maximum Gasteiger partial charge on any atom is 0.195 e. The molecule has 6 nitrogen and oxygen atoms in total. The minimum atomic E-state index is -1.61. The van der Waals surface area contributed by atoms with Crippen LogP contribution < -0.4 is 0 Å². The Bertz CT molecular complexity index is 996. The second-order valence-electron chi connectivity index (χ2n) is 6.95. The molecule has 3 aromatic rings. The highest BCUT2D eigenvalue weighted by Crippen LogP contribution is 2.32. The molecule has 2 heterocycles. The van der Waals surface area contributed by atoms with E-state index in [0.717, 1.165) is 16.5 Å². The third-order valence-corrected chi connectivity index (χ3v) is 5.11. The SMILES string of the molecule is O=C1C(CO)OC(c2ccc3ccn(Cc4ccc(F)cc4)c3c2)C(O)[C@H]1O. The van der Waals surface area contributed by atoms with Crippen molar-refractivity contribution in [3.63, 3.8) is 0 Å². The molecule has 146 valence electrons. The van der Waals surface area contributed by atoms with Crippen molar-refractivity contribution >= 4 is 16.7 Å². The van der Waals surface area contributed by atoms with Crippen molar-refractivity contribution in [1.82, 2.24) is 4.57 Å². The monoisotopic (exact) mass is 385 g/mol. The van der Waals surface area contributed by atoms with Crippen LogP contribution in [0.3, 0.4) is 0 Å². The van der Waals surface area contributed by atoms with Crippen LogP contribution in [0.1, 0.15) is 17.2 Å². The van der Waals surface area contributed by atoms with E-state index in [1.54, 1.807) is 18.2 Å². The Kier molecular flexibility index (Phi) is 4.99. The third-order valence-electron chi connectivity index (χ3n) is 5.11. The molecule has 1 fully saturated rings. The van der Waals surface area contributed by atoms with Gasteiger partial charge in [-0.1, -0.05) is 24.3 Å². The number of aromatic nitrogens is 1. The van der Waals surface area contributed by atoms with Crippen molar-refractivity contribution in [3.8, 4) is 0 Å². The number of benzene rings is 2. The molecule has 4 atom stereocenters. The molecule has 0 amide bonds. The van der Waals surface area contributed by atoms with Crippen LogP contribution in [0.25, 0.3) is 10.9 Å². The van der Waals surface area contributed by atoms with Gasteiger partial charge in [0.05, 0.1) is 6.61 Å². The van der Waals surface area contributed by atoms with E-state index in [9.17, 15) is 24.5 Å². The molecule has 1 aromatic heterocycles. The van der Waals surface area contributed by atoms with Crippen LogP contribution >= 0.6 is 0 Å². The normalized spacial score (nSPS) is 25.4. The van der Waals surface area contributed by atoms with Gasteiger partial charge in [-0.15, -0.1) is 0 Å². The standard InChI is InChI=1S/C21H20FNO5/c22-15-5-1-12(2-6-15)10-23-8-7-13-3-4-14(9-16(13)23)21-20(27)19(26)18(25)17(11-24)28-21/h1-9,17,19-21,24,26-27H,10-11H2/t17?,19-,20?,21?/m0/s1. The molecule has 3 N–H and O–H groups in total. The van der Waals surface area contributed by atoms with Gasteiger partial charge in [0.25, 0.3) is 0 Å². The molecular formula is C21H20FNO5. The smallest absolute Gasteiger partial charge is 0.195 e. The average molecular weight is 385 g/mol. The van der Waals surface area contributed by atoms with Crippen molar-refractivity contribution in [2.24, 2.45) is 0 Å². The summed E-state index contributed by atoms with van der Waals surface area (Å²) in [6.45, 7) is -0.0377. The summed E-state index contributed by atoms with van der Waals surface area (Å²) in [6.07, 6.45) is -3.25. The lowest BCUT2D eigenvalue weighted by atomic mass is 9.92. The summed E-state index contributed by atoms with van der Waals surface area (Å²) in [4.78, 5) is 11.9. The van der Waals surface area contributed by atoms with Crippen LogP contribution in [-0.4, -0.2) is 50.6 Å². The van der Waals surface area contributed by atoms with Gasteiger partial charge in [-0.25, -0.2) is 4.39 Å². The maximum atomic E-state index is 13.1. The predicted octanol–water partition coefficient (Wildman–Crippen LogP) is 1.55. The Balaban J connectivity index is 1.67. The number of hydrogen-bond acceptors (Lipinski definition) is 5. The number of aliphatic hydroxyl groups excluding tert-OH is 3. The molecule has 4 rings (SSSR count). The van der Waals surface area contributed by atoms with Gasteiger partial charge in [-0.05, 0) is 40.8 Å². The van der Waals surface area contributed by atoms with Gasteiger partial charge >= 0.3 is 0 Å². The zero-order valence-electron chi connectivity index (χ0n) is 14.9. The number of rotatable bonds is 4. The summed E-state index contributed by atoms with van der Waals surface area (Å²) in [5.41, 5.74) is 2.38. The molecule has 28 heavy (non-hydrogen) atoms. The molecule has 0 saturated carbocycles. The molecule has 0 spiro atoms. The fraction of sp³-hybridized carbons (Fsp3) is 0.286. The van der Waals surface area contributed by atoms with E-state index < -0.39 is 36.8 Å². The summed E-state index contributed by atoms with van der Waals surface area (Å²) in [6, 6.07) is 13.6. The summed E-state index contributed by atoms with van der Waals surface area (Å²) in [7, 11) is 0. The summed E-state index contributed by atoms with van der Waals surface area (Å²) in [5, 5.41) is 30.6. The Morgan fingerprint density at radius 3 is 2.54 bits per heavy atom. The molecule has 1 aliphatic heterocycles. The second kappa shape index (κ2) is 7.44. The number of Topliss-reactive ketones (excluding diaryl/α,β-unsaturated/α-hetero) is 1. The van der Waals surface area contributed by atoms with Crippen molar-refractivity contribution in [2.45, 2.75) is 31.0 Å². The van der Waals surface area contributed by atoms with Crippen molar-refractivity contribution in [3.05, 3.63) is 71.7 Å². The molecule has 1 saturated heterocycles. The Morgan fingerprint density at radius 2 is 1.82 bits per heavy atom. The van der Waals surface area contributed by atoms with E-state index in [0.29, 0.717) is 12.1 Å². The lowest BCUT2D eigenvalue weighted by Crippen LogP contribution is -2.52. The number of nitrogens with zero attached hydrogens (tertiary/aromatic N) is 1. The topological polar surface area (TPSA) is 91.9 Å². The number of carbonyl (C=O) groups excluding carboxylic acids is 1. The first-order valence-corrected chi connectivity index (χ1v) is 8.97. The lowest BCUT2D eigenvalue weighted by Gasteiger charge is -2.35. The zero-order valence-corrected chi connectivity index (χ0v) is 14.9. The first-order chi connectivity index (χ1) is 13.5. The number of aliphatic hydroxyl groups is 3. The van der Waals surface area contributed by atoms with Gasteiger partial charge in [0.15, 0.2) is 5.78 Å². The van der Waals surface area contributed by atoms with E-state index in [-0.39, 0.29) is 5.82 Å². The fourth-order valence-electron chi connectivity index (χ4n) is 3.56. The Morgan fingerprint density at radius 1 is 1.07 bits per heavy atom. The van der Waals surface area contributed by atoms with Gasteiger partial charge in [-0.2, -0.15) is 0 Å². The maximum absolute atomic E-state index is 13.1. The molecule has 2 aromatic carbocycles. The molecular weight excluding hydrogens is 365 g/mol. The fourth-order valence-corrected chi connectivity index (χ4v) is 3.56. The zero-order chi connectivity index (χ0) is 19.8. The van der Waals surface area contributed by atoms with Gasteiger partial charge in [0.2, 0.25) is 0 Å². The van der Waals surface area contributed by atoms with Gasteiger partial charge in [0, 0.05) is 18.3 Å². The van der Waals surface area contributed by atoms with Crippen molar-refractivity contribution < 1.29 is 29.2 Å². The predicted molar refractivity (Wildman–Crippen MR) is 99.2 cm³/mol. The lowest BCUT2D eigenvalue weighted by molar-refractivity contribution is -0.188. The molecule has 3 unspecified atom stereocenters. The number of ketones is 1. The van der Waals surface area contributed by atoms with E-state index in [4.69, 9.17) is 4.74 Å². The average Bonchev–Trinajstić information content (AvgIpc) is 3.10. The molecule has 0 bridgehead atoms. The van der Waals surface area contributed by atoms with Crippen molar-refractivity contribution in [2.75, 3.05) is 6.61 Å². The van der Waals surface area contributed by atoms with E-state index in [1.165, 1.54) is 12.1 Å². The number of ether oxygens (including phenoxy) is 1. The highest BCUT2D eigenvalue weighted by Gasteiger charge is 2.43. The largest absolute Gasteiger partial charge is 0.393 e. The van der Waals surface area contributed by atoms with Crippen molar-refractivity contribution in [1.29, 1.82) is 0 Å². The Labute approximate surface area is 160 Å². The third kappa shape index (κ3) is 3.33. The van der Waals surface area contributed by atoms with Crippen LogP contribution in [-0.2, 0) is 16.1 Å². The minimum Gasteiger partial charge on any atom is -0.393 e. The highest BCUT2D eigenvalue weighted by molar-refractivity contribution is 5.89. The number of carbonyl (C=O) groups is 1. The number of halogens is 1. The van der Waals surface area contributed by atoms with Gasteiger partial charge < -0.3 is 24.6 Å². The second-order valence-corrected chi connectivity index (χ2v) is 6.95. The van der Waals surface area contributed by atoms with Gasteiger partial charge in [-0.3, -0.25) is 4.79 Å². The molecule has 0 aliphatic carbocycles. The molecule has 0 radical (unpaired) electrons. The molecule has 1 aliphatic rings. The number of hydrogen-bond donors (Lipinski definition) is 3. The van der Waals surface area contributed by atoms with Crippen LogP contribution in [0.4, 0.5) is 4.39 Å². The first-order valence-electron chi connectivity index (χ1n) is 8.97. The highest BCUT2D eigenvalue weighted by atomic mass is 19.1. The van der Waals surface area contributed by atoms with E-state index in [2.05, 4.69) is 0 Å².